The molecule has 0 aliphatic rings. The lowest BCUT2D eigenvalue weighted by Gasteiger charge is -2.25. The minimum Gasteiger partial charge on any atom is -0.382 e. The molecule has 11 nitrogen and oxygen atoms in total. The third kappa shape index (κ3) is 16.6. The first-order valence-corrected chi connectivity index (χ1v) is 21.7. The number of nitrogens with zero attached hydrogens (tertiary/aromatic N) is 2. The van der Waals surface area contributed by atoms with Crippen LogP contribution in [-0.4, -0.2) is 82.7 Å². The molecule has 59 heavy (non-hydrogen) atoms. The summed E-state index contributed by atoms with van der Waals surface area (Å²) in [6.45, 7) is 21.4. The summed E-state index contributed by atoms with van der Waals surface area (Å²) < 4.78 is 0. The van der Waals surface area contributed by atoms with Crippen LogP contribution in [0.4, 0.5) is 5.69 Å². The number of carbonyl (C=O) groups is 4. The monoisotopic (exact) mass is 810 g/mol. The molecule has 0 bridgehead atoms. The molecule has 0 radical (unpaired) electrons. The molecule has 2 aromatic carbocycles. The van der Waals surface area contributed by atoms with E-state index >= 15 is 0 Å². The van der Waals surface area contributed by atoms with Crippen molar-refractivity contribution < 1.29 is 19.2 Å². The molecule has 2 heterocycles. The van der Waals surface area contributed by atoms with Gasteiger partial charge in [0.05, 0.1) is 17.3 Å². The molecule has 0 saturated heterocycles. The van der Waals surface area contributed by atoms with Gasteiger partial charge in [-0.15, -0.1) is 0 Å². The number of benzene rings is 2. The van der Waals surface area contributed by atoms with Gasteiger partial charge in [-0.1, -0.05) is 104 Å². The second-order valence-corrected chi connectivity index (χ2v) is 16.4. The summed E-state index contributed by atoms with van der Waals surface area (Å²) in [4.78, 5) is 58.6. The Labute approximate surface area is 353 Å². The van der Waals surface area contributed by atoms with Crippen molar-refractivity contribution in [3.05, 3.63) is 72.1 Å². The van der Waals surface area contributed by atoms with E-state index in [1.807, 2.05) is 34.6 Å². The standard InChI is InChI=1S/C28H34N4.C20H37N3O4/c1-4-32(5-2)18-10-11-21(3)30-28-19-23(31-27-15-9-7-13-25(27)28)17-16-22-20-29-26-14-8-6-12-24(22)26;1-7-8-9-16(12-24)22-19(26)18(11-14(4)5)23-20(27)17(10-13(2)3)21-15(6)25/h6-9,12-17,19-21,29H,4-5,10-11,18H2,1-3H3,(H,30,31);12-14,16-18H,7-11H2,1-6H3,(H,21,25)(H,22,26)(H,23,27)/b17-16+;/t;16-,17-,18-/m.0/s1. The average molecular weight is 810 g/mol. The molecule has 4 rings (SSSR count). The molecule has 0 fully saturated rings. The summed E-state index contributed by atoms with van der Waals surface area (Å²) in [5, 5.41) is 14.3. The van der Waals surface area contributed by atoms with Crippen molar-refractivity contribution in [3.63, 3.8) is 0 Å². The molecule has 0 saturated carbocycles. The van der Waals surface area contributed by atoms with Gasteiger partial charge in [-0.25, -0.2) is 4.98 Å². The fourth-order valence-electron chi connectivity index (χ4n) is 7.11. The van der Waals surface area contributed by atoms with Crippen molar-refractivity contribution in [2.24, 2.45) is 11.8 Å². The number of hydrogen-bond donors (Lipinski definition) is 5. The van der Waals surface area contributed by atoms with E-state index in [1.165, 1.54) is 29.7 Å². The molecule has 2 aromatic heterocycles. The molecular formula is C48H71N7O4. The van der Waals surface area contributed by atoms with Crippen molar-refractivity contribution in [1.82, 2.24) is 30.8 Å². The SMILES string of the molecule is CCCC[C@@H](C=O)NC(=O)[C@H](CC(C)C)NC(=O)[C@H](CC(C)C)NC(C)=O.CCN(CC)CCCC(C)Nc1cc(/C=C/c2c[nH]c3ccccc23)nc2ccccc12. The van der Waals surface area contributed by atoms with Crippen molar-refractivity contribution in [1.29, 1.82) is 0 Å². The van der Waals surface area contributed by atoms with Gasteiger partial charge in [-0.2, -0.15) is 0 Å². The predicted octanol–water partition coefficient (Wildman–Crippen LogP) is 8.75. The van der Waals surface area contributed by atoms with Gasteiger partial charge in [0.25, 0.3) is 0 Å². The first-order chi connectivity index (χ1) is 28.3. The van der Waals surface area contributed by atoms with Gasteiger partial charge in [-0.05, 0) is 100 Å². The molecule has 5 N–H and O–H groups in total. The van der Waals surface area contributed by atoms with Crippen LogP contribution in [0, 0.1) is 11.8 Å². The van der Waals surface area contributed by atoms with Gasteiger partial charge in [0, 0.05) is 41.1 Å². The van der Waals surface area contributed by atoms with E-state index in [9.17, 15) is 19.2 Å². The highest BCUT2D eigenvalue weighted by atomic mass is 16.2. The van der Waals surface area contributed by atoms with Crippen LogP contribution in [0.2, 0.25) is 0 Å². The normalized spacial score (nSPS) is 13.6. The second kappa shape index (κ2) is 25.5. The fraction of sp³-hybridized carbons (Fsp3) is 0.521. The van der Waals surface area contributed by atoms with Crippen molar-refractivity contribution >= 4 is 63.7 Å². The molecule has 0 aliphatic carbocycles. The molecule has 3 amide bonds. The number of amides is 3. The molecule has 11 heteroatoms. The predicted molar refractivity (Wildman–Crippen MR) is 245 cm³/mol. The van der Waals surface area contributed by atoms with Crippen molar-refractivity contribution in [2.75, 3.05) is 25.0 Å². The number of aromatic amines is 1. The Kier molecular flexibility index (Phi) is 20.9. The number of anilines is 1. The maximum atomic E-state index is 12.7. The van der Waals surface area contributed by atoms with E-state index in [2.05, 4.69) is 125 Å². The Morgan fingerprint density at radius 2 is 1.41 bits per heavy atom. The van der Waals surface area contributed by atoms with Gasteiger partial charge < -0.3 is 35.9 Å². The summed E-state index contributed by atoms with van der Waals surface area (Å²) in [6.07, 6.45) is 12.7. The lowest BCUT2D eigenvalue weighted by Crippen LogP contribution is -2.55. The molecule has 0 spiro atoms. The Hall–Kier alpha value is -5.03. The van der Waals surface area contributed by atoms with Crippen LogP contribution in [0.5, 0.6) is 0 Å². The van der Waals surface area contributed by atoms with Crippen LogP contribution < -0.4 is 21.3 Å². The van der Waals surface area contributed by atoms with Gasteiger partial charge in [0.2, 0.25) is 17.7 Å². The van der Waals surface area contributed by atoms with Gasteiger partial charge in [0.1, 0.15) is 18.4 Å². The zero-order valence-electron chi connectivity index (χ0n) is 37.1. The van der Waals surface area contributed by atoms with Crippen molar-refractivity contribution in [2.45, 2.75) is 131 Å². The van der Waals surface area contributed by atoms with E-state index in [-0.39, 0.29) is 29.6 Å². The number of aromatic nitrogens is 2. The highest BCUT2D eigenvalue weighted by Crippen LogP contribution is 2.26. The van der Waals surface area contributed by atoms with E-state index < -0.39 is 18.1 Å². The number of carbonyl (C=O) groups excluding carboxylic acids is 4. The first kappa shape index (κ1) is 48.3. The minimum atomic E-state index is -0.745. The first-order valence-electron chi connectivity index (χ1n) is 21.7. The topological polar surface area (TPSA) is 148 Å². The zero-order chi connectivity index (χ0) is 43.3. The number of unbranched alkanes of at least 4 members (excludes halogenated alkanes) is 1. The summed E-state index contributed by atoms with van der Waals surface area (Å²) >= 11 is 0. The number of hydrogen-bond acceptors (Lipinski definition) is 7. The van der Waals surface area contributed by atoms with Crippen LogP contribution in [0.15, 0.2) is 60.8 Å². The fourth-order valence-corrected chi connectivity index (χ4v) is 7.11. The minimum absolute atomic E-state index is 0.177. The van der Waals surface area contributed by atoms with Crippen LogP contribution in [0.25, 0.3) is 34.0 Å². The number of fused-ring (bicyclic) bond motifs is 2. The number of nitrogens with one attached hydrogen (secondary N) is 5. The van der Waals surface area contributed by atoms with Crippen molar-refractivity contribution in [3.8, 4) is 0 Å². The third-order valence-electron chi connectivity index (χ3n) is 10.3. The smallest absolute Gasteiger partial charge is 0.243 e. The quantitative estimate of drug-likeness (QED) is 0.0471. The number of aldehydes is 1. The number of para-hydroxylation sites is 2. The highest BCUT2D eigenvalue weighted by Gasteiger charge is 2.28. The Morgan fingerprint density at radius 1 is 0.780 bits per heavy atom. The summed E-state index contributed by atoms with van der Waals surface area (Å²) in [5.74, 6) is -0.650. The summed E-state index contributed by atoms with van der Waals surface area (Å²) in [5.41, 5.74) is 5.47. The Morgan fingerprint density at radius 3 is 2.03 bits per heavy atom. The lowest BCUT2D eigenvalue weighted by atomic mass is 9.99. The lowest BCUT2D eigenvalue weighted by molar-refractivity contribution is -0.133. The Bertz CT molecular complexity index is 1930. The second-order valence-electron chi connectivity index (χ2n) is 16.4. The average Bonchev–Trinajstić information content (AvgIpc) is 3.62. The van der Waals surface area contributed by atoms with Gasteiger partial charge in [0.15, 0.2) is 0 Å². The number of pyridine rings is 1. The van der Waals surface area contributed by atoms with Gasteiger partial charge >= 0.3 is 0 Å². The molecule has 0 aliphatic heterocycles. The molecule has 322 valence electrons. The van der Waals surface area contributed by atoms with Crippen LogP contribution in [0.1, 0.15) is 119 Å². The summed E-state index contributed by atoms with van der Waals surface area (Å²) in [6, 6.07) is 17.4. The van der Waals surface area contributed by atoms with E-state index in [1.54, 1.807) is 0 Å². The van der Waals surface area contributed by atoms with E-state index in [0.717, 1.165) is 67.6 Å². The number of H-pyrrole nitrogens is 1. The van der Waals surface area contributed by atoms with E-state index in [4.69, 9.17) is 4.98 Å². The third-order valence-corrected chi connectivity index (χ3v) is 10.3. The highest BCUT2D eigenvalue weighted by molar-refractivity contribution is 5.95. The van der Waals surface area contributed by atoms with E-state index in [0.29, 0.717) is 25.3 Å². The zero-order valence-corrected chi connectivity index (χ0v) is 37.1. The maximum Gasteiger partial charge on any atom is 0.243 e. The molecule has 4 atom stereocenters. The van der Waals surface area contributed by atoms with Crippen LogP contribution in [0.3, 0.4) is 0 Å². The summed E-state index contributed by atoms with van der Waals surface area (Å²) in [7, 11) is 0. The van der Waals surface area contributed by atoms with Crippen LogP contribution in [-0.2, 0) is 19.2 Å². The Balaban J connectivity index is 0.000000322. The molecular weight excluding hydrogens is 739 g/mol. The molecule has 1 unspecified atom stereocenters. The van der Waals surface area contributed by atoms with Gasteiger partial charge in [-0.3, -0.25) is 14.4 Å². The molecule has 4 aromatic rings. The van der Waals surface area contributed by atoms with Crippen LogP contribution >= 0.6 is 0 Å². The number of rotatable bonds is 23. The maximum absolute atomic E-state index is 12.7. The largest absolute Gasteiger partial charge is 0.382 e.